The van der Waals surface area contributed by atoms with Crippen LogP contribution in [0.3, 0.4) is 0 Å². The topological polar surface area (TPSA) is 83.5 Å². The van der Waals surface area contributed by atoms with Gasteiger partial charge in [0.25, 0.3) is 5.91 Å². The normalized spacial score (nSPS) is 12.5. The van der Waals surface area contributed by atoms with Gasteiger partial charge in [-0.2, -0.15) is 0 Å². The lowest BCUT2D eigenvalue weighted by Gasteiger charge is -2.02. The highest BCUT2D eigenvalue weighted by molar-refractivity contribution is 7.84. The number of carboxylic acid groups (broad SMARTS) is 1. The molecule has 5 nitrogen and oxygen atoms in total. The number of carboxylic acids is 1. The van der Waals surface area contributed by atoms with Crippen LogP contribution in [-0.2, 0) is 15.6 Å². The maximum absolute atomic E-state index is 11.9. The molecular weight excluding hydrogens is 298 g/mol. The van der Waals surface area contributed by atoms with E-state index < -0.39 is 16.8 Å². The summed E-state index contributed by atoms with van der Waals surface area (Å²) in [5.41, 5.74) is 0.856. The van der Waals surface area contributed by atoms with Crippen LogP contribution >= 0.6 is 11.3 Å². The second-order valence-electron chi connectivity index (χ2n) is 4.02. The molecule has 0 bridgehead atoms. The van der Waals surface area contributed by atoms with Crippen molar-refractivity contribution in [2.24, 2.45) is 0 Å². The van der Waals surface area contributed by atoms with Crippen LogP contribution < -0.4 is 5.32 Å². The molecular formula is C13H17NO4S2. The van der Waals surface area contributed by atoms with E-state index in [0.717, 1.165) is 16.5 Å². The zero-order chi connectivity index (χ0) is 15.1. The highest BCUT2D eigenvalue weighted by Crippen LogP contribution is 2.23. The molecule has 1 unspecified atom stereocenters. The number of carbonyl (C=O) groups is 2. The van der Waals surface area contributed by atoms with Gasteiger partial charge in [-0.3, -0.25) is 9.00 Å². The molecule has 1 aromatic heterocycles. The summed E-state index contributed by atoms with van der Waals surface area (Å²) in [6.45, 7) is 4.03. The predicted molar refractivity (Wildman–Crippen MR) is 81.6 cm³/mol. The largest absolute Gasteiger partial charge is 0.478 e. The molecule has 0 saturated carbocycles. The van der Waals surface area contributed by atoms with Gasteiger partial charge in [0, 0.05) is 39.8 Å². The number of aliphatic carboxylic acids is 1. The summed E-state index contributed by atoms with van der Waals surface area (Å²) in [5.74, 6) is -0.219. The average molecular weight is 315 g/mol. The van der Waals surface area contributed by atoms with Gasteiger partial charge in [-0.05, 0) is 24.6 Å². The number of aryl methyl sites for hydroxylation is 1. The molecule has 1 rings (SSSR count). The van der Waals surface area contributed by atoms with Crippen molar-refractivity contribution in [2.75, 3.05) is 18.1 Å². The first-order valence-electron chi connectivity index (χ1n) is 6.08. The molecule has 0 aliphatic heterocycles. The third-order valence-corrected chi connectivity index (χ3v) is 5.00. The number of rotatable bonds is 7. The lowest BCUT2D eigenvalue weighted by atomic mass is 10.2. The SMILES string of the molecule is CCS(=O)CCNC(=O)c1cc(C)c(/C=C/C(=O)O)s1. The summed E-state index contributed by atoms with van der Waals surface area (Å²) in [6.07, 6.45) is 2.52. The van der Waals surface area contributed by atoms with E-state index in [9.17, 15) is 13.8 Å². The highest BCUT2D eigenvalue weighted by Gasteiger charge is 2.11. The van der Waals surface area contributed by atoms with Crippen LogP contribution in [0.1, 0.15) is 27.0 Å². The zero-order valence-electron chi connectivity index (χ0n) is 11.3. The summed E-state index contributed by atoms with van der Waals surface area (Å²) in [6, 6.07) is 1.72. The molecule has 1 atom stereocenters. The van der Waals surface area contributed by atoms with Crippen LogP contribution in [0.25, 0.3) is 6.08 Å². The number of thiophene rings is 1. The summed E-state index contributed by atoms with van der Waals surface area (Å²) < 4.78 is 11.2. The van der Waals surface area contributed by atoms with E-state index in [1.54, 1.807) is 6.07 Å². The number of hydrogen-bond acceptors (Lipinski definition) is 4. The minimum absolute atomic E-state index is 0.221. The molecule has 1 aromatic rings. The fourth-order valence-electron chi connectivity index (χ4n) is 1.43. The summed E-state index contributed by atoms with van der Waals surface area (Å²) in [7, 11) is -0.895. The van der Waals surface area contributed by atoms with Gasteiger partial charge < -0.3 is 10.4 Å². The fraction of sp³-hybridized carbons (Fsp3) is 0.385. The second kappa shape index (κ2) is 7.96. The predicted octanol–water partition coefficient (Wildman–Crippen LogP) is 1.65. The van der Waals surface area contributed by atoms with Crippen molar-refractivity contribution in [1.82, 2.24) is 5.32 Å². The molecule has 0 spiro atoms. The molecule has 110 valence electrons. The van der Waals surface area contributed by atoms with Crippen LogP contribution in [-0.4, -0.2) is 39.2 Å². The van der Waals surface area contributed by atoms with E-state index in [1.807, 2.05) is 13.8 Å². The van der Waals surface area contributed by atoms with Gasteiger partial charge in [0.2, 0.25) is 0 Å². The average Bonchev–Trinajstić information content (AvgIpc) is 2.77. The Bertz CT molecular complexity index is 549. The van der Waals surface area contributed by atoms with Crippen LogP contribution in [0, 0.1) is 6.92 Å². The molecule has 0 aliphatic rings. The Morgan fingerprint density at radius 2 is 2.20 bits per heavy atom. The second-order valence-corrected chi connectivity index (χ2v) is 6.97. The lowest BCUT2D eigenvalue weighted by Crippen LogP contribution is -2.27. The molecule has 1 heterocycles. The minimum atomic E-state index is -1.02. The molecule has 0 fully saturated rings. The van der Waals surface area contributed by atoms with Crippen LogP contribution in [0.4, 0.5) is 0 Å². The van der Waals surface area contributed by atoms with Gasteiger partial charge in [0.1, 0.15) is 0 Å². The third-order valence-electron chi connectivity index (χ3n) is 2.49. The molecule has 0 aromatic carbocycles. The van der Waals surface area contributed by atoms with Crippen LogP contribution in [0.5, 0.6) is 0 Å². The van der Waals surface area contributed by atoms with Crippen molar-refractivity contribution in [2.45, 2.75) is 13.8 Å². The van der Waals surface area contributed by atoms with Crippen molar-refractivity contribution in [1.29, 1.82) is 0 Å². The van der Waals surface area contributed by atoms with Crippen molar-refractivity contribution in [3.63, 3.8) is 0 Å². The Balaban J connectivity index is 2.63. The third kappa shape index (κ3) is 5.26. The molecule has 0 radical (unpaired) electrons. The fourth-order valence-corrected chi connectivity index (χ4v) is 3.04. The summed E-state index contributed by atoms with van der Waals surface area (Å²) in [5, 5.41) is 11.3. The Morgan fingerprint density at radius 3 is 2.80 bits per heavy atom. The number of amides is 1. The van der Waals surface area contributed by atoms with E-state index in [-0.39, 0.29) is 5.91 Å². The van der Waals surface area contributed by atoms with E-state index in [4.69, 9.17) is 5.11 Å². The zero-order valence-corrected chi connectivity index (χ0v) is 13.0. The van der Waals surface area contributed by atoms with Gasteiger partial charge >= 0.3 is 5.97 Å². The molecule has 2 N–H and O–H groups in total. The van der Waals surface area contributed by atoms with Crippen LogP contribution in [0.2, 0.25) is 0 Å². The maximum atomic E-state index is 11.9. The Morgan fingerprint density at radius 1 is 1.50 bits per heavy atom. The standard InChI is InChI=1S/C13H17NO4S2/c1-3-20(18)7-6-14-13(17)11-8-9(2)10(19-11)4-5-12(15)16/h4-5,8H,3,6-7H2,1-2H3,(H,14,17)(H,15,16)/b5-4+. The van der Waals surface area contributed by atoms with Crippen molar-refractivity contribution in [3.05, 3.63) is 27.5 Å². The van der Waals surface area contributed by atoms with Gasteiger partial charge in [0.05, 0.1) is 4.88 Å². The lowest BCUT2D eigenvalue weighted by molar-refractivity contribution is -0.131. The van der Waals surface area contributed by atoms with E-state index in [0.29, 0.717) is 22.9 Å². The first kappa shape index (κ1) is 16.6. The number of hydrogen-bond donors (Lipinski definition) is 2. The first-order chi connectivity index (χ1) is 9.43. The summed E-state index contributed by atoms with van der Waals surface area (Å²) >= 11 is 1.24. The molecule has 0 saturated heterocycles. The monoisotopic (exact) mass is 315 g/mol. The number of nitrogens with one attached hydrogen (secondary N) is 1. The van der Waals surface area contributed by atoms with Gasteiger partial charge in [-0.25, -0.2) is 4.79 Å². The molecule has 1 amide bonds. The van der Waals surface area contributed by atoms with Gasteiger partial charge in [0.15, 0.2) is 0 Å². The van der Waals surface area contributed by atoms with Crippen molar-refractivity contribution >= 4 is 40.1 Å². The smallest absolute Gasteiger partial charge is 0.328 e. The van der Waals surface area contributed by atoms with E-state index in [1.165, 1.54) is 17.4 Å². The van der Waals surface area contributed by atoms with E-state index in [2.05, 4.69) is 5.32 Å². The Hall–Kier alpha value is -1.47. The highest BCUT2D eigenvalue weighted by atomic mass is 32.2. The van der Waals surface area contributed by atoms with Crippen molar-refractivity contribution in [3.8, 4) is 0 Å². The Labute approximate surface area is 124 Å². The van der Waals surface area contributed by atoms with Gasteiger partial charge in [-0.15, -0.1) is 11.3 Å². The number of carbonyl (C=O) groups excluding carboxylic acids is 1. The first-order valence-corrected chi connectivity index (χ1v) is 8.39. The minimum Gasteiger partial charge on any atom is -0.478 e. The maximum Gasteiger partial charge on any atom is 0.328 e. The summed E-state index contributed by atoms with van der Waals surface area (Å²) in [4.78, 5) is 23.6. The van der Waals surface area contributed by atoms with Crippen LogP contribution in [0.15, 0.2) is 12.1 Å². The quantitative estimate of drug-likeness (QED) is 0.750. The van der Waals surface area contributed by atoms with Crippen molar-refractivity contribution < 1.29 is 18.9 Å². The van der Waals surface area contributed by atoms with Gasteiger partial charge in [-0.1, -0.05) is 6.92 Å². The molecule has 20 heavy (non-hydrogen) atoms. The molecule has 7 heteroatoms. The molecule has 0 aliphatic carbocycles. The Kier molecular flexibility index (Phi) is 6.60. The van der Waals surface area contributed by atoms with E-state index >= 15 is 0 Å².